The Morgan fingerprint density at radius 2 is 1.76 bits per heavy atom. The SMILES string of the molecule is CN(C)c1cccc(C(=O)Nc2cccc(-c3nc4ncccc4s3)c2)c1.Cc1cccc([N+](=O)[O-])c1. The molecule has 0 radical (unpaired) electrons. The quantitative estimate of drug-likeness (QED) is 0.211. The number of benzene rings is 3. The topological polar surface area (TPSA) is 101 Å². The van der Waals surface area contributed by atoms with Gasteiger partial charge in [0.15, 0.2) is 5.65 Å². The van der Waals surface area contributed by atoms with Gasteiger partial charge >= 0.3 is 0 Å². The van der Waals surface area contributed by atoms with Crippen LogP contribution in [0, 0.1) is 17.0 Å². The summed E-state index contributed by atoms with van der Waals surface area (Å²) in [5, 5.41) is 14.0. The Labute approximate surface area is 218 Å². The molecular weight excluding hydrogens is 486 g/mol. The molecule has 0 saturated heterocycles. The lowest BCUT2D eigenvalue weighted by atomic mass is 10.1. The Balaban J connectivity index is 0.000000270. The van der Waals surface area contributed by atoms with Gasteiger partial charge in [-0.3, -0.25) is 14.9 Å². The molecule has 0 atom stereocenters. The lowest BCUT2D eigenvalue weighted by molar-refractivity contribution is -0.384. The van der Waals surface area contributed by atoms with E-state index >= 15 is 0 Å². The Kier molecular flexibility index (Phi) is 7.85. The molecule has 0 fully saturated rings. The molecule has 0 aliphatic rings. The largest absolute Gasteiger partial charge is 0.378 e. The highest BCUT2D eigenvalue weighted by Gasteiger charge is 2.11. The van der Waals surface area contributed by atoms with Gasteiger partial charge in [0.05, 0.1) is 9.62 Å². The van der Waals surface area contributed by atoms with Crippen LogP contribution >= 0.6 is 11.3 Å². The van der Waals surface area contributed by atoms with Gasteiger partial charge in [-0.15, -0.1) is 11.3 Å². The number of hydrogen-bond donors (Lipinski definition) is 1. The van der Waals surface area contributed by atoms with Crippen molar-refractivity contribution in [3.63, 3.8) is 0 Å². The molecule has 37 heavy (non-hydrogen) atoms. The average molecular weight is 512 g/mol. The van der Waals surface area contributed by atoms with E-state index in [1.165, 1.54) is 6.07 Å². The van der Waals surface area contributed by atoms with E-state index in [1.807, 2.05) is 92.6 Å². The number of aryl methyl sites for hydroxylation is 1. The zero-order valence-corrected chi connectivity index (χ0v) is 21.4. The first-order chi connectivity index (χ1) is 17.8. The summed E-state index contributed by atoms with van der Waals surface area (Å²) < 4.78 is 1.04. The fourth-order valence-electron chi connectivity index (χ4n) is 3.49. The van der Waals surface area contributed by atoms with Crippen molar-refractivity contribution >= 4 is 44.7 Å². The molecule has 5 rings (SSSR count). The fraction of sp³-hybridized carbons (Fsp3) is 0.107. The highest BCUT2D eigenvalue weighted by atomic mass is 32.1. The Bertz CT molecular complexity index is 1530. The monoisotopic (exact) mass is 511 g/mol. The highest BCUT2D eigenvalue weighted by Crippen LogP contribution is 2.30. The van der Waals surface area contributed by atoms with Crippen molar-refractivity contribution in [1.29, 1.82) is 0 Å². The molecule has 0 saturated carbocycles. The summed E-state index contributed by atoms with van der Waals surface area (Å²) in [6, 6.07) is 25.7. The van der Waals surface area contributed by atoms with Crippen LogP contribution in [0.4, 0.5) is 17.1 Å². The summed E-state index contributed by atoms with van der Waals surface area (Å²) in [6.07, 6.45) is 1.74. The van der Waals surface area contributed by atoms with E-state index in [0.29, 0.717) is 5.56 Å². The molecule has 0 bridgehead atoms. The molecule has 0 aliphatic carbocycles. The number of fused-ring (bicyclic) bond motifs is 1. The first-order valence-electron chi connectivity index (χ1n) is 11.4. The van der Waals surface area contributed by atoms with Gasteiger partial charge in [0.25, 0.3) is 11.6 Å². The predicted octanol–water partition coefficient (Wildman–Crippen LogP) is 6.58. The third-order valence-corrected chi connectivity index (χ3v) is 6.43. The maximum atomic E-state index is 12.6. The lowest BCUT2D eigenvalue weighted by Gasteiger charge is -2.13. The predicted molar refractivity (Wildman–Crippen MR) is 149 cm³/mol. The second kappa shape index (κ2) is 11.4. The minimum atomic E-state index is -0.396. The summed E-state index contributed by atoms with van der Waals surface area (Å²) in [6.45, 7) is 1.83. The van der Waals surface area contributed by atoms with Gasteiger partial charge in [-0.25, -0.2) is 9.97 Å². The molecule has 2 heterocycles. The van der Waals surface area contributed by atoms with Crippen molar-refractivity contribution < 1.29 is 9.72 Å². The van der Waals surface area contributed by atoms with Crippen molar-refractivity contribution in [2.45, 2.75) is 6.92 Å². The summed E-state index contributed by atoms with van der Waals surface area (Å²) in [4.78, 5) is 33.2. The van der Waals surface area contributed by atoms with Crippen LogP contribution in [0.3, 0.4) is 0 Å². The van der Waals surface area contributed by atoms with Gasteiger partial charge in [0.1, 0.15) is 5.01 Å². The third kappa shape index (κ3) is 6.53. The van der Waals surface area contributed by atoms with Crippen LogP contribution < -0.4 is 10.2 Å². The third-order valence-electron chi connectivity index (χ3n) is 5.37. The van der Waals surface area contributed by atoms with Gasteiger partial charge in [-0.05, 0) is 55.0 Å². The number of amides is 1. The van der Waals surface area contributed by atoms with E-state index in [9.17, 15) is 14.9 Å². The maximum absolute atomic E-state index is 12.6. The van der Waals surface area contributed by atoms with E-state index in [2.05, 4.69) is 15.3 Å². The van der Waals surface area contributed by atoms with Crippen LogP contribution in [0.25, 0.3) is 20.9 Å². The number of non-ortho nitro benzene ring substituents is 1. The number of thiazole rings is 1. The fourth-order valence-corrected chi connectivity index (χ4v) is 4.41. The summed E-state index contributed by atoms with van der Waals surface area (Å²) in [7, 11) is 3.90. The molecule has 3 aromatic carbocycles. The number of aromatic nitrogens is 2. The number of nitrogens with zero attached hydrogens (tertiary/aromatic N) is 4. The zero-order valence-electron chi connectivity index (χ0n) is 20.6. The van der Waals surface area contributed by atoms with E-state index in [1.54, 1.807) is 29.7 Å². The molecule has 5 aromatic rings. The Morgan fingerprint density at radius 3 is 2.46 bits per heavy atom. The second-order valence-electron chi connectivity index (χ2n) is 8.42. The van der Waals surface area contributed by atoms with Gasteiger partial charge < -0.3 is 10.2 Å². The molecular formula is C28H25N5O3S. The average Bonchev–Trinajstić information content (AvgIpc) is 3.34. The van der Waals surface area contributed by atoms with Crippen LogP contribution in [0.2, 0.25) is 0 Å². The lowest BCUT2D eigenvalue weighted by Crippen LogP contribution is -2.14. The van der Waals surface area contributed by atoms with Crippen LogP contribution in [0.15, 0.2) is 91.1 Å². The van der Waals surface area contributed by atoms with Crippen molar-refractivity contribution in [1.82, 2.24) is 9.97 Å². The summed E-state index contributed by atoms with van der Waals surface area (Å²) in [5.74, 6) is -0.137. The van der Waals surface area contributed by atoms with Crippen LogP contribution in [-0.4, -0.2) is 34.9 Å². The van der Waals surface area contributed by atoms with Crippen LogP contribution in [0.5, 0.6) is 0 Å². The summed E-state index contributed by atoms with van der Waals surface area (Å²) in [5.41, 5.74) is 5.11. The van der Waals surface area contributed by atoms with Crippen molar-refractivity contribution in [3.8, 4) is 10.6 Å². The smallest absolute Gasteiger partial charge is 0.269 e. The second-order valence-corrected chi connectivity index (χ2v) is 9.45. The number of hydrogen-bond acceptors (Lipinski definition) is 7. The van der Waals surface area contributed by atoms with E-state index < -0.39 is 4.92 Å². The number of rotatable bonds is 5. The number of anilines is 2. The number of nitro benzene ring substituents is 1. The van der Waals surface area contributed by atoms with Crippen molar-refractivity contribution in [2.24, 2.45) is 0 Å². The number of carbonyl (C=O) groups is 1. The van der Waals surface area contributed by atoms with Gasteiger partial charge in [-0.2, -0.15) is 0 Å². The van der Waals surface area contributed by atoms with Gasteiger partial charge in [-0.1, -0.05) is 30.3 Å². The molecule has 8 nitrogen and oxygen atoms in total. The zero-order chi connectivity index (χ0) is 26.4. The molecule has 0 spiro atoms. The van der Waals surface area contributed by atoms with Crippen molar-refractivity contribution in [3.05, 3.63) is 112 Å². The standard InChI is InChI=1S/C21H18N4OS.C7H7NO2/c1-25(2)17-9-4-6-14(13-17)20(26)23-16-8-3-7-15(12-16)21-24-19-18(27-21)10-5-11-22-19;1-6-3-2-4-7(5-6)8(9)10/h3-13H,1-2H3,(H,23,26);2-5H,1H3. The summed E-state index contributed by atoms with van der Waals surface area (Å²) >= 11 is 1.59. The van der Waals surface area contributed by atoms with E-state index in [0.717, 1.165) is 37.9 Å². The first kappa shape index (κ1) is 25.5. The Morgan fingerprint density at radius 1 is 0.973 bits per heavy atom. The van der Waals surface area contributed by atoms with Crippen LogP contribution in [-0.2, 0) is 0 Å². The molecule has 186 valence electrons. The maximum Gasteiger partial charge on any atom is 0.269 e. The minimum absolute atomic E-state index is 0.137. The van der Waals surface area contributed by atoms with Gasteiger partial charge in [0, 0.05) is 54.9 Å². The highest BCUT2D eigenvalue weighted by molar-refractivity contribution is 7.21. The molecule has 9 heteroatoms. The molecule has 2 aromatic heterocycles. The molecule has 1 amide bonds. The molecule has 0 aliphatic heterocycles. The number of carbonyl (C=O) groups excluding carboxylic acids is 1. The molecule has 0 unspecified atom stereocenters. The number of pyridine rings is 1. The van der Waals surface area contributed by atoms with E-state index in [4.69, 9.17) is 0 Å². The van der Waals surface area contributed by atoms with Gasteiger partial charge in [0.2, 0.25) is 0 Å². The first-order valence-corrected chi connectivity index (χ1v) is 12.2. The number of nitrogens with one attached hydrogen (secondary N) is 1. The normalized spacial score (nSPS) is 10.4. The minimum Gasteiger partial charge on any atom is -0.378 e. The number of nitro groups is 1. The molecule has 1 N–H and O–H groups in total. The van der Waals surface area contributed by atoms with Crippen molar-refractivity contribution in [2.75, 3.05) is 24.3 Å². The van der Waals surface area contributed by atoms with Crippen LogP contribution in [0.1, 0.15) is 15.9 Å². The Hall–Kier alpha value is -4.63. The van der Waals surface area contributed by atoms with E-state index in [-0.39, 0.29) is 11.6 Å².